The lowest BCUT2D eigenvalue weighted by Gasteiger charge is -2.24. The Labute approximate surface area is 307 Å². The molecule has 0 saturated heterocycles. The molecule has 0 unspecified atom stereocenters. The Balaban J connectivity index is 1.48. The molecule has 4 aromatic carbocycles. The fraction of sp³-hybridized carbons (Fsp3) is 0.364. The Bertz CT molecular complexity index is 1590. The molecule has 0 aliphatic rings. The first-order chi connectivity index (χ1) is 25.3. The highest BCUT2D eigenvalue weighted by Gasteiger charge is 2.43. The molecule has 0 bridgehead atoms. The van der Waals surface area contributed by atoms with Gasteiger partial charge in [-0.25, -0.2) is 19.2 Å². The van der Waals surface area contributed by atoms with E-state index < -0.39 is 36.1 Å². The van der Waals surface area contributed by atoms with Crippen molar-refractivity contribution in [3.8, 4) is 22.3 Å². The number of esters is 4. The highest BCUT2D eigenvalue weighted by atomic mass is 16.6. The van der Waals surface area contributed by atoms with Crippen molar-refractivity contribution in [1.82, 2.24) is 0 Å². The van der Waals surface area contributed by atoms with Crippen LogP contribution in [0.5, 0.6) is 0 Å². The summed E-state index contributed by atoms with van der Waals surface area (Å²) in [7, 11) is 0. The molecule has 0 saturated carbocycles. The molecule has 0 amide bonds. The lowest BCUT2D eigenvalue weighted by Crippen LogP contribution is -2.47. The van der Waals surface area contributed by atoms with Gasteiger partial charge in [0.2, 0.25) is 12.2 Å². The first-order valence-electron chi connectivity index (χ1n) is 18.4. The van der Waals surface area contributed by atoms with Crippen molar-refractivity contribution in [2.45, 2.75) is 91.3 Å². The van der Waals surface area contributed by atoms with Crippen molar-refractivity contribution in [2.24, 2.45) is 0 Å². The van der Waals surface area contributed by atoms with E-state index >= 15 is 0 Å². The van der Waals surface area contributed by atoms with E-state index in [1.807, 2.05) is 24.3 Å². The van der Waals surface area contributed by atoms with Crippen molar-refractivity contribution in [3.05, 3.63) is 119 Å². The number of unbranched alkanes of at least 4 members (excludes halogenated alkanes) is 4. The first kappa shape index (κ1) is 39.5. The third kappa shape index (κ3) is 11.4. The maximum atomic E-state index is 13.4. The van der Waals surface area contributed by atoms with E-state index in [2.05, 4.69) is 38.1 Å². The van der Waals surface area contributed by atoms with Crippen LogP contribution in [0.3, 0.4) is 0 Å². The predicted molar refractivity (Wildman–Crippen MR) is 202 cm³/mol. The second kappa shape index (κ2) is 20.6. The summed E-state index contributed by atoms with van der Waals surface area (Å²) in [5.41, 5.74) is 6.57. The van der Waals surface area contributed by atoms with Gasteiger partial charge in [-0.05, 0) is 97.2 Å². The fourth-order valence-electron chi connectivity index (χ4n) is 5.77. The van der Waals surface area contributed by atoms with E-state index in [0.29, 0.717) is 0 Å². The van der Waals surface area contributed by atoms with Crippen LogP contribution < -0.4 is 0 Å². The number of carbonyl (C=O) groups is 4. The molecule has 0 heterocycles. The van der Waals surface area contributed by atoms with E-state index in [9.17, 15) is 19.2 Å². The van der Waals surface area contributed by atoms with Gasteiger partial charge < -0.3 is 18.9 Å². The molecule has 2 atom stereocenters. The largest absolute Gasteiger partial charge is 0.463 e. The molecule has 8 nitrogen and oxygen atoms in total. The standard InChI is InChI=1S/C44H50O8/c1-5-9-11-13-31-15-19-33(20-16-31)35-23-27-37(28-24-35)41(45)51-39(43(47)49-7-3)40(44(48)50-8-4)52-42(46)38-29-25-36(26-30-38)34-21-17-32(18-22-34)14-12-10-6-2/h15-30,39-40H,5-14H2,1-4H3/t39-,40-/m1/s1. The van der Waals surface area contributed by atoms with Crippen LogP contribution in [-0.4, -0.2) is 49.3 Å². The first-order valence-corrected chi connectivity index (χ1v) is 18.4. The molecule has 0 N–H and O–H groups in total. The molecule has 52 heavy (non-hydrogen) atoms. The van der Waals surface area contributed by atoms with Crippen LogP contribution in [0.15, 0.2) is 97.1 Å². The van der Waals surface area contributed by atoms with Gasteiger partial charge in [0, 0.05) is 0 Å². The van der Waals surface area contributed by atoms with E-state index in [1.54, 1.807) is 62.4 Å². The molecule has 0 spiro atoms. The molecule has 0 fully saturated rings. The molecule has 4 rings (SSSR count). The van der Waals surface area contributed by atoms with Crippen LogP contribution in [0, 0.1) is 0 Å². The van der Waals surface area contributed by atoms with Gasteiger partial charge >= 0.3 is 23.9 Å². The number of ether oxygens (including phenoxy) is 4. The van der Waals surface area contributed by atoms with Gasteiger partial charge in [-0.3, -0.25) is 0 Å². The molecule has 0 aliphatic carbocycles. The minimum Gasteiger partial charge on any atom is -0.463 e. The Morgan fingerprint density at radius 3 is 1.04 bits per heavy atom. The maximum Gasteiger partial charge on any atom is 0.352 e. The second-order valence-corrected chi connectivity index (χ2v) is 12.6. The van der Waals surface area contributed by atoms with Crippen LogP contribution in [0.4, 0.5) is 0 Å². The van der Waals surface area contributed by atoms with Gasteiger partial charge in [-0.1, -0.05) is 112 Å². The van der Waals surface area contributed by atoms with Crippen LogP contribution in [-0.2, 0) is 41.4 Å². The fourth-order valence-corrected chi connectivity index (χ4v) is 5.77. The quantitative estimate of drug-likeness (QED) is 0.0540. The normalized spacial score (nSPS) is 12.0. The number of rotatable bonds is 19. The third-order valence-electron chi connectivity index (χ3n) is 8.73. The Kier molecular flexibility index (Phi) is 15.6. The highest BCUT2D eigenvalue weighted by Crippen LogP contribution is 2.24. The molecular formula is C44H50O8. The SMILES string of the molecule is CCCCCc1ccc(-c2ccc(C(=O)O[C@@H](C(=O)OCC)[C@@H](OC(=O)c3ccc(-c4ccc(CCCCC)cc4)cc3)C(=O)OCC)cc2)cc1. The zero-order valence-corrected chi connectivity index (χ0v) is 30.7. The van der Waals surface area contributed by atoms with Gasteiger partial charge in [-0.15, -0.1) is 0 Å². The minimum absolute atomic E-state index is 0.0658. The molecule has 274 valence electrons. The average Bonchev–Trinajstić information content (AvgIpc) is 3.17. The minimum atomic E-state index is -1.91. The smallest absolute Gasteiger partial charge is 0.352 e. The Morgan fingerprint density at radius 2 is 0.750 bits per heavy atom. The summed E-state index contributed by atoms with van der Waals surface area (Å²) in [6.45, 7) is 7.37. The van der Waals surface area contributed by atoms with Crippen LogP contribution in [0.25, 0.3) is 22.3 Å². The van der Waals surface area contributed by atoms with Crippen molar-refractivity contribution in [3.63, 3.8) is 0 Å². The van der Waals surface area contributed by atoms with E-state index in [0.717, 1.165) is 47.9 Å². The van der Waals surface area contributed by atoms with E-state index in [1.165, 1.54) is 36.8 Å². The monoisotopic (exact) mass is 706 g/mol. The number of carbonyl (C=O) groups excluding carboxylic acids is 4. The summed E-state index contributed by atoms with van der Waals surface area (Å²) in [6, 6.07) is 30.0. The lowest BCUT2D eigenvalue weighted by atomic mass is 10.0. The van der Waals surface area contributed by atoms with Crippen molar-refractivity contribution >= 4 is 23.9 Å². The Morgan fingerprint density at radius 1 is 0.442 bits per heavy atom. The summed E-state index contributed by atoms with van der Waals surface area (Å²) in [5.74, 6) is -3.90. The average molecular weight is 707 g/mol. The predicted octanol–water partition coefficient (Wildman–Crippen LogP) is 9.36. The van der Waals surface area contributed by atoms with Crippen molar-refractivity contribution in [1.29, 1.82) is 0 Å². The number of hydrogen-bond acceptors (Lipinski definition) is 8. The molecular weight excluding hydrogens is 656 g/mol. The molecule has 8 heteroatoms. The zero-order chi connectivity index (χ0) is 37.3. The summed E-state index contributed by atoms with van der Waals surface area (Å²) >= 11 is 0. The number of aryl methyl sites for hydroxylation is 2. The van der Waals surface area contributed by atoms with Gasteiger partial charge in [0.1, 0.15) is 0 Å². The molecule has 0 aliphatic heterocycles. The van der Waals surface area contributed by atoms with E-state index in [-0.39, 0.29) is 24.3 Å². The van der Waals surface area contributed by atoms with Gasteiger partial charge in [0.05, 0.1) is 24.3 Å². The molecule has 0 radical (unpaired) electrons. The number of benzene rings is 4. The van der Waals surface area contributed by atoms with Crippen LogP contribution in [0.2, 0.25) is 0 Å². The van der Waals surface area contributed by atoms with Crippen LogP contribution in [0.1, 0.15) is 98.1 Å². The Hall–Kier alpha value is -5.24. The second-order valence-electron chi connectivity index (χ2n) is 12.6. The maximum absolute atomic E-state index is 13.4. The van der Waals surface area contributed by atoms with Gasteiger partial charge in [0.25, 0.3) is 0 Å². The van der Waals surface area contributed by atoms with Gasteiger partial charge in [-0.2, -0.15) is 0 Å². The molecule has 4 aromatic rings. The third-order valence-corrected chi connectivity index (χ3v) is 8.73. The van der Waals surface area contributed by atoms with E-state index in [4.69, 9.17) is 18.9 Å². The van der Waals surface area contributed by atoms with Crippen molar-refractivity contribution in [2.75, 3.05) is 13.2 Å². The molecule has 0 aromatic heterocycles. The van der Waals surface area contributed by atoms with Gasteiger partial charge in [0.15, 0.2) is 0 Å². The summed E-state index contributed by atoms with van der Waals surface area (Å²) in [6.07, 6.45) is 5.28. The summed E-state index contributed by atoms with van der Waals surface area (Å²) < 4.78 is 21.4. The van der Waals surface area contributed by atoms with Crippen LogP contribution >= 0.6 is 0 Å². The summed E-state index contributed by atoms with van der Waals surface area (Å²) in [4.78, 5) is 53.0. The van der Waals surface area contributed by atoms with Crippen molar-refractivity contribution < 1.29 is 38.1 Å². The lowest BCUT2D eigenvalue weighted by molar-refractivity contribution is -0.173. The number of hydrogen-bond donors (Lipinski definition) is 0. The summed E-state index contributed by atoms with van der Waals surface area (Å²) in [5, 5.41) is 0. The highest BCUT2D eigenvalue weighted by molar-refractivity contribution is 5.96. The topological polar surface area (TPSA) is 105 Å². The zero-order valence-electron chi connectivity index (χ0n) is 30.7.